The fourth-order valence-corrected chi connectivity index (χ4v) is 4.34. The van der Waals surface area contributed by atoms with Crippen molar-refractivity contribution < 1.29 is 9.53 Å². The summed E-state index contributed by atoms with van der Waals surface area (Å²) in [5, 5.41) is 3.13. The summed E-state index contributed by atoms with van der Waals surface area (Å²) >= 11 is 0. The van der Waals surface area contributed by atoms with E-state index < -0.39 is 0 Å². The molecule has 30 heavy (non-hydrogen) atoms. The van der Waals surface area contributed by atoms with Crippen LogP contribution in [0.4, 0.5) is 5.69 Å². The standard InChI is InChI=1S/C26H32N2O2/c1-20-11-13-22(14-12-20)18-28-23(19-30-25-10-6-5-9-24(25)28)17-26(29)27-16-15-21-7-3-2-4-8-21/h5-7,9-14,23H,2-4,8,15-19H2,1H3,(H,27,29). The molecule has 1 amide bonds. The summed E-state index contributed by atoms with van der Waals surface area (Å²) in [6.07, 6.45) is 8.73. The molecule has 0 fully saturated rings. The molecule has 1 heterocycles. The van der Waals surface area contributed by atoms with Crippen LogP contribution in [-0.4, -0.2) is 25.1 Å². The normalized spacial score (nSPS) is 18.2. The fourth-order valence-electron chi connectivity index (χ4n) is 4.34. The Bertz CT molecular complexity index is 888. The smallest absolute Gasteiger partial charge is 0.222 e. The first-order chi connectivity index (χ1) is 14.7. The molecule has 158 valence electrons. The minimum absolute atomic E-state index is 0.0232. The third-order valence-electron chi connectivity index (χ3n) is 6.09. The Kier molecular flexibility index (Phi) is 6.73. The predicted molar refractivity (Wildman–Crippen MR) is 122 cm³/mol. The molecule has 0 bridgehead atoms. The molecule has 1 N–H and O–H groups in total. The molecule has 4 heteroatoms. The summed E-state index contributed by atoms with van der Waals surface area (Å²) in [4.78, 5) is 15.0. The number of allylic oxidation sites excluding steroid dienone is 1. The number of hydrogen-bond donors (Lipinski definition) is 1. The number of nitrogens with zero attached hydrogens (tertiary/aromatic N) is 1. The summed E-state index contributed by atoms with van der Waals surface area (Å²) in [5.74, 6) is 0.999. The quantitative estimate of drug-likeness (QED) is 0.648. The lowest BCUT2D eigenvalue weighted by molar-refractivity contribution is -0.121. The number of ether oxygens (including phenoxy) is 1. The third-order valence-corrected chi connectivity index (χ3v) is 6.09. The van der Waals surface area contributed by atoms with Crippen LogP contribution in [0.1, 0.15) is 49.7 Å². The van der Waals surface area contributed by atoms with Gasteiger partial charge in [-0.15, -0.1) is 0 Å². The largest absolute Gasteiger partial charge is 0.489 e. The molecule has 0 spiro atoms. The molecule has 0 saturated carbocycles. The van der Waals surface area contributed by atoms with E-state index in [1.807, 2.05) is 18.2 Å². The number of carbonyl (C=O) groups is 1. The zero-order chi connectivity index (χ0) is 20.8. The van der Waals surface area contributed by atoms with Crippen LogP contribution in [0.3, 0.4) is 0 Å². The van der Waals surface area contributed by atoms with Gasteiger partial charge < -0.3 is 15.0 Å². The van der Waals surface area contributed by atoms with Crippen LogP contribution in [0, 0.1) is 6.92 Å². The Morgan fingerprint density at radius 3 is 2.77 bits per heavy atom. The number of hydrogen-bond acceptors (Lipinski definition) is 3. The topological polar surface area (TPSA) is 41.6 Å². The SMILES string of the molecule is Cc1ccc(CN2c3ccccc3OCC2CC(=O)NCCC2=CCCCC2)cc1. The van der Waals surface area contributed by atoms with E-state index >= 15 is 0 Å². The molecule has 4 nitrogen and oxygen atoms in total. The summed E-state index contributed by atoms with van der Waals surface area (Å²) in [5.41, 5.74) is 5.06. The van der Waals surface area contributed by atoms with Gasteiger partial charge in [0, 0.05) is 13.1 Å². The van der Waals surface area contributed by atoms with E-state index in [9.17, 15) is 4.79 Å². The van der Waals surface area contributed by atoms with Gasteiger partial charge in [-0.2, -0.15) is 0 Å². The molecule has 1 aliphatic carbocycles. The first kappa shape index (κ1) is 20.5. The molecule has 0 saturated heterocycles. The number of carbonyl (C=O) groups excluding carboxylic acids is 1. The van der Waals surface area contributed by atoms with Crippen LogP contribution in [-0.2, 0) is 11.3 Å². The van der Waals surface area contributed by atoms with Gasteiger partial charge in [-0.25, -0.2) is 0 Å². The average Bonchev–Trinajstić information content (AvgIpc) is 2.77. The highest BCUT2D eigenvalue weighted by atomic mass is 16.5. The van der Waals surface area contributed by atoms with Crippen LogP contribution in [0.2, 0.25) is 0 Å². The molecule has 2 aromatic carbocycles. The Morgan fingerprint density at radius 2 is 1.97 bits per heavy atom. The van der Waals surface area contributed by atoms with Gasteiger partial charge in [-0.05, 0) is 56.7 Å². The lowest BCUT2D eigenvalue weighted by atomic mass is 9.97. The van der Waals surface area contributed by atoms with Crippen molar-refractivity contribution in [2.45, 2.75) is 58.0 Å². The lowest BCUT2D eigenvalue weighted by Gasteiger charge is -2.38. The predicted octanol–water partition coefficient (Wildman–Crippen LogP) is 5.16. The van der Waals surface area contributed by atoms with Crippen molar-refractivity contribution in [3.63, 3.8) is 0 Å². The summed E-state index contributed by atoms with van der Waals surface area (Å²) in [7, 11) is 0. The fraction of sp³-hybridized carbons (Fsp3) is 0.423. The van der Waals surface area contributed by atoms with Gasteiger partial charge >= 0.3 is 0 Å². The van der Waals surface area contributed by atoms with E-state index in [1.165, 1.54) is 42.4 Å². The van der Waals surface area contributed by atoms with Gasteiger partial charge in [0.25, 0.3) is 0 Å². The van der Waals surface area contributed by atoms with Crippen LogP contribution >= 0.6 is 0 Å². The Labute approximate surface area is 179 Å². The molecule has 2 aromatic rings. The van der Waals surface area contributed by atoms with E-state index in [0.29, 0.717) is 13.0 Å². The second kappa shape index (κ2) is 9.84. The van der Waals surface area contributed by atoms with Crippen LogP contribution in [0.5, 0.6) is 5.75 Å². The Balaban J connectivity index is 1.40. The molecule has 2 aliphatic rings. The van der Waals surface area contributed by atoms with Crippen LogP contribution in [0.15, 0.2) is 60.2 Å². The Morgan fingerprint density at radius 1 is 1.13 bits per heavy atom. The zero-order valence-corrected chi connectivity index (χ0v) is 17.9. The minimum Gasteiger partial charge on any atom is -0.489 e. The average molecular weight is 405 g/mol. The second-order valence-electron chi connectivity index (χ2n) is 8.46. The van der Waals surface area contributed by atoms with Gasteiger partial charge in [-0.3, -0.25) is 4.79 Å². The molecule has 4 rings (SSSR count). The number of rotatable bonds is 7. The number of amides is 1. The lowest BCUT2D eigenvalue weighted by Crippen LogP contribution is -2.45. The number of benzene rings is 2. The summed E-state index contributed by atoms with van der Waals surface area (Å²) in [6.45, 7) is 4.13. The maximum atomic E-state index is 12.7. The second-order valence-corrected chi connectivity index (χ2v) is 8.46. The molecule has 1 aliphatic heterocycles. The van der Waals surface area contributed by atoms with Gasteiger partial charge in [0.05, 0.1) is 18.2 Å². The van der Waals surface area contributed by atoms with E-state index in [4.69, 9.17) is 4.74 Å². The molecular formula is C26H32N2O2. The van der Waals surface area contributed by atoms with Crippen molar-refractivity contribution in [1.82, 2.24) is 5.32 Å². The van der Waals surface area contributed by atoms with Crippen LogP contribution < -0.4 is 15.0 Å². The highest BCUT2D eigenvalue weighted by molar-refractivity contribution is 5.77. The first-order valence-electron chi connectivity index (χ1n) is 11.2. The number of anilines is 1. The van der Waals surface area contributed by atoms with Crippen molar-refractivity contribution in [3.8, 4) is 5.75 Å². The monoisotopic (exact) mass is 404 g/mol. The maximum Gasteiger partial charge on any atom is 0.222 e. The van der Waals surface area contributed by atoms with E-state index in [0.717, 1.165) is 30.9 Å². The highest BCUT2D eigenvalue weighted by Gasteiger charge is 2.29. The maximum absolute atomic E-state index is 12.7. The number of para-hydroxylation sites is 2. The number of aryl methyl sites for hydroxylation is 1. The zero-order valence-electron chi connectivity index (χ0n) is 17.9. The molecule has 0 aromatic heterocycles. The third kappa shape index (κ3) is 5.24. The van der Waals surface area contributed by atoms with Gasteiger partial charge in [0.2, 0.25) is 5.91 Å². The van der Waals surface area contributed by atoms with E-state index in [1.54, 1.807) is 0 Å². The summed E-state index contributed by atoms with van der Waals surface area (Å²) in [6, 6.07) is 16.8. The molecular weight excluding hydrogens is 372 g/mol. The van der Waals surface area contributed by atoms with Crippen molar-refractivity contribution in [2.24, 2.45) is 0 Å². The van der Waals surface area contributed by atoms with Gasteiger partial charge in [-0.1, -0.05) is 53.6 Å². The van der Waals surface area contributed by atoms with Crippen molar-refractivity contribution in [2.75, 3.05) is 18.1 Å². The van der Waals surface area contributed by atoms with E-state index in [-0.39, 0.29) is 11.9 Å². The van der Waals surface area contributed by atoms with Crippen LogP contribution in [0.25, 0.3) is 0 Å². The van der Waals surface area contributed by atoms with Crippen molar-refractivity contribution in [3.05, 3.63) is 71.3 Å². The molecule has 1 atom stereocenters. The van der Waals surface area contributed by atoms with E-state index in [2.05, 4.69) is 53.5 Å². The highest BCUT2D eigenvalue weighted by Crippen LogP contribution is 2.35. The van der Waals surface area contributed by atoms with Gasteiger partial charge in [0.15, 0.2) is 0 Å². The van der Waals surface area contributed by atoms with Crippen molar-refractivity contribution >= 4 is 11.6 Å². The number of nitrogens with one attached hydrogen (secondary N) is 1. The van der Waals surface area contributed by atoms with Crippen molar-refractivity contribution in [1.29, 1.82) is 0 Å². The molecule has 1 unspecified atom stereocenters. The Hall–Kier alpha value is -2.75. The minimum atomic E-state index is 0.0232. The first-order valence-corrected chi connectivity index (χ1v) is 11.2. The van der Waals surface area contributed by atoms with Gasteiger partial charge in [0.1, 0.15) is 12.4 Å². The molecule has 0 radical (unpaired) electrons. The number of fused-ring (bicyclic) bond motifs is 1. The summed E-state index contributed by atoms with van der Waals surface area (Å²) < 4.78 is 5.99.